The lowest BCUT2D eigenvalue weighted by atomic mass is 9.79. The van der Waals surface area contributed by atoms with Crippen molar-refractivity contribution >= 4 is 17.8 Å². The van der Waals surface area contributed by atoms with Crippen LogP contribution in [-0.4, -0.2) is 22.9 Å². The quantitative estimate of drug-likeness (QED) is 0.577. The van der Waals surface area contributed by atoms with Crippen LogP contribution in [0.25, 0.3) is 0 Å². The topological polar surface area (TPSA) is 109 Å². The number of furan rings is 1. The molecule has 0 spiro atoms. The highest BCUT2D eigenvalue weighted by Crippen LogP contribution is 2.57. The molecule has 4 atom stereocenters. The SMILES string of the molecule is CC(C)=C1C2CCC1C(C(=O)NNC(=O)c1ccco1)C2C(=O)O. The molecule has 2 aliphatic carbocycles. The van der Waals surface area contributed by atoms with E-state index < -0.39 is 29.6 Å². The van der Waals surface area contributed by atoms with Crippen LogP contribution < -0.4 is 10.9 Å². The zero-order valence-electron chi connectivity index (χ0n) is 13.5. The van der Waals surface area contributed by atoms with Crippen LogP contribution in [0, 0.1) is 23.7 Å². The lowest BCUT2D eigenvalue weighted by Crippen LogP contribution is -2.48. The van der Waals surface area contributed by atoms with Gasteiger partial charge in [-0.15, -0.1) is 0 Å². The molecule has 0 aliphatic heterocycles. The van der Waals surface area contributed by atoms with E-state index in [0.717, 1.165) is 24.0 Å². The number of carboxylic acids is 1. The van der Waals surface area contributed by atoms with Crippen molar-refractivity contribution in [1.29, 1.82) is 0 Å². The van der Waals surface area contributed by atoms with E-state index in [4.69, 9.17) is 4.42 Å². The summed E-state index contributed by atoms with van der Waals surface area (Å²) in [5.74, 6) is -3.49. The first-order valence-electron chi connectivity index (χ1n) is 7.95. The molecular formula is C17H20N2O5. The van der Waals surface area contributed by atoms with E-state index in [2.05, 4.69) is 10.9 Å². The summed E-state index contributed by atoms with van der Waals surface area (Å²) >= 11 is 0. The standard InChI is InChI=1S/C17H20N2O5/c1-8(2)12-9-5-6-10(12)14(17(22)23)13(9)16(21)19-18-15(20)11-4-3-7-24-11/h3-4,7,9-10,13-14H,5-6H2,1-2H3,(H,18,20)(H,19,21)(H,22,23). The van der Waals surface area contributed by atoms with E-state index in [1.165, 1.54) is 12.3 Å². The number of fused-ring (bicyclic) bond motifs is 2. The molecule has 0 saturated heterocycles. The van der Waals surface area contributed by atoms with Gasteiger partial charge in [0.25, 0.3) is 0 Å². The highest BCUT2D eigenvalue weighted by Gasteiger charge is 2.57. The van der Waals surface area contributed by atoms with E-state index in [9.17, 15) is 19.5 Å². The van der Waals surface area contributed by atoms with E-state index in [0.29, 0.717) is 0 Å². The number of allylic oxidation sites excluding steroid dienone is 2. The van der Waals surface area contributed by atoms with Crippen LogP contribution in [-0.2, 0) is 9.59 Å². The van der Waals surface area contributed by atoms with Crippen molar-refractivity contribution < 1.29 is 23.9 Å². The van der Waals surface area contributed by atoms with Gasteiger partial charge in [0.05, 0.1) is 18.1 Å². The second kappa shape index (κ2) is 6.14. The molecule has 7 nitrogen and oxygen atoms in total. The zero-order chi connectivity index (χ0) is 17.4. The van der Waals surface area contributed by atoms with Crippen LogP contribution in [0.2, 0.25) is 0 Å². The average molecular weight is 332 g/mol. The predicted octanol–water partition coefficient (Wildman–Crippen LogP) is 1.73. The molecule has 1 aromatic heterocycles. The summed E-state index contributed by atoms with van der Waals surface area (Å²) in [7, 11) is 0. The molecule has 128 valence electrons. The molecular weight excluding hydrogens is 312 g/mol. The maximum absolute atomic E-state index is 12.5. The van der Waals surface area contributed by atoms with E-state index in [-0.39, 0.29) is 17.6 Å². The Morgan fingerprint density at radius 3 is 2.33 bits per heavy atom. The number of hydrazine groups is 1. The molecule has 2 fully saturated rings. The number of carbonyl (C=O) groups excluding carboxylic acids is 2. The van der Waals surface area contributed by atoms with Gasteiger partial charge < -0.3 is 9.52 Å². The zero-order valence-corrected chi connectivity index (χ0v) is 13.5. The molecule has 2 saturated carbocycles. The minimum atomic E-state index is -0.960. The third-order valence-corrected chi connectivity index (χ3v) is 5.05. The molecule has 7 heteroatoms. The number of amides is 2. The van der Waals surface area contributed by atoms with Crippen molar-refractivity contribution in [3.8, 4) is 0 Å². The Balaban J connectivity index is 1.75. The van der Waals surface area contributed by atoms with Crippen molar-refractivity contribution in [1.82, 2.24) is 10.9 Å². The van der Waals surface area contributed by atoms with Crippen molar-refractivity contribution in [3.05, 3.63) is 35.3 Å². The number of aliphatic carboxylic acids is 1. The smallest absolute Gasteiger partial charge is 0.307 e. The van der Waals surface area contributed by atoms with Gasteiger partial charge in [0.15, 0.2) is 5.76 Å². The normalized spacial score (nSPS) is 27.8. The summed E-state index contributed by atoms with van der Waals surface area (Å²) in [6, 6.07) is 3.04. The Labute approximate surface area is 139 Å². The van der Waals surface area contributed by atoms with Gasteiger partial charge in [-0.2, -0.15) is 0 Å². The maximum atomic E-state index is 12.5. The Hall–Kier alpha value is -2.57. The highest BCUT2D eigenvalue weighted by molar-refractivity contribution is 5.94. The molecule has 0 aromatic carbocycles. The van der Waals surface area contributed by atoms with Gasteiger partial charge in [0.1, 0.15) is 0 Å². The van der Waals surface area contributed by atoms with Gasteiger partial charge in [0, 0.05) is 0 Å². The molecule has 1 heterocycles. The number of carboxylic acid groups (broad SMARTS) is 1. The van der Waals surface area contributed by atoms with Gasteiger partial charge in [0.2, 0.25) is 5.91 Å². The van der Waals surface area contributed by atoms with Gasteiger partial charge >= 0.3 is 11.9 Å². The third-order valence-electron chi connectivity index (χ3n) is 5.05. The van der Waals surface area contributed by atoms with Gasteiger partial charge in [-0.25, -0.2) is 0 Å². The van der Waals surface area contributed by atoms with Crippen LogP contribution in [0.5, 0.6) is 0 Å². The van der Waals surface area contributed by atoms with Crippen molar-refractivity contribution in [2.45, 2.75) is 26.7 Å². The number of hydrogen-bond acceptors (Lipinski definition) is 4. The summed E-state index contributed by atoms with van der Waals surface area (Å²) < 4.78 is 4.95. The number of carbonyl (C=O) groups is 3. The summed E-state index contributed by atoms with van der Waals surface area (Å²) in [5.41, 5.74) is 6.82. The van der Waals surface area contributed by atoms with Crippen molar-refractivity contribution in [2.75, 3.05) is 0 Å². The second-order valence-corrected chi connectivity index (χ2v) is 6.56. The second-order valence-electron chi connectivity index (χ2n) is 6.56. The summed E-state index contributed by atoms with van der Waals surface area (Å²) in [6.45, 7) is 3.91. The largest absolute Gasteiger partial charge is 0.481 e. The minimum absolute atomic E-state index is 0.0679. The lowest BCUT2D eigenvalue weighted by molar-refractivity contribution is -0.149. The Morgan fingerprint density at radius 2 is 1.79 bits per heavy atom. The minimum Gasteiger partial charge on any atom is -0.481 e. The van der Waals surface area contributed by atoms with Crippen LogP contribution >= 0.6 is 0 Å². The van der Waals surface area contributed by atoms with E-state index in [1.54, 1.807) is 6.07 Å². The summed E-state index contributed by atoms with van der Waals surface area (Å²) in [4.78, 5) is 36.1. The summed E-state index contributed by atoms with van der Waals surface area (Å²) in [5, 5.41) is 9.58. The Kier molecular flexibility index (Phi) is 4.17. The highest BCUT2D eigenvalue weighted by atomic mass is 16.4. The van der Waals surface area contributed by atoms with Gasteiger partial charge in [-0.1, -0.05) is 11.1 Å². The molecule has 2 amide bonds. The fourth-order valence-corrected chi connectivity index (χ4v) is 4.28. The first kappa shape index (κ1) is 16.3. The average Bonchev–Trinajstić information content (AvgIpc) is 3.24. The molecule has 2 aliphatic rings. The molecule has 1 aromatic rings. The summed E-state index contributed by atoms with van der Waals surface area (Å²) in [6.07, 6.45) is 2.96. The number of hydrogen-bond donors (Lipinski definition) is 3. The van der Waals surface area contributed by atoms with E-state index in [1.807, 2.05) is 13.8 Å². The first-order chi connectivity index (χ1) is 11.4. The Bertz CT molecular complexity index is 703. The fourth-order valence-electron chi connectivity index (χ4n) is 4.28. The van der Waals surface area contributed by atoms with Crippen molar-refractivity contribution in [2.24, 2.45) is 23.7 Å². The molecule has 3 N–H and O–H groups in total. The fraction of sp³-hybridized carbons (Fsp3) is 0.471. The van der Waals surface area contributed by atoms with Crippen LogP contribution in [0.1, 0.15) is 37.2 Å². The lowest BCUT2D eigenvalue weighted by Gasteiger charge is -2.26. The van der Waals surface area contributed by atoms with Crippen LogP contribution in [0.3, 0.4) is 0 Å². The van der Waals surface area contributed by atoms with Crippen LogP contribution in [0.15, 0.2) is 34.0 Å². The molecule has 3 rings (SSSR count). The maximum Gasteiger partial charge on any atom is 0.307 e. The molecule has 24 heavy (non-hydrogen) atoms. The first-order valence-corrected chi connectivity index (χ1v) is 7.95. The monoisotopic (exact) mass is 332 g/mol. The van der Waals surface area contributed by atoms with Crippen LogP contribution in [0.4, 0.5) is 0 Å². The number of nitrogens with one attached hydrogen (secondary N) is 2. The van der Waals surface area contributed by atoms with E-state index >= 15 is 0 Å². The molecule has 4 unspecified atom stereocenters. The van der Waals surface area contributed by atoms with Gasteiger partial charge in [-0.05, 0) is 50.7 Å². The molecule has 0 radical (unpaired) electrons. The van der Waals surface area contributed by atoms with Crippen molar-refractivity contribution in [3.63, 3.8) is 0 Å². The number of rotatable bonds is 3. The predicted molar refractivity (Wildman–Crippen MR) is 83.5 cm³/mol. The molecule has 2 bridgehead atoms. The third kappa shape index (κ3) is 2.60. The Morgan fingerprint density at radius 1 is 1.12 bits per heavy atom. The van der Waals surface area contributed by atoms with Gasteiger partial charge in [-0.3, -0.25) is 25.2 Å².